The topological polar surface area (TPSA) is 60.8 Å². The number of hydrogen-bond acceptors (Lipinski definition) is 2. The van der Waals surface area contributed by atoms with Crippen molar-refractivity contribution in [2.24, 2.45) is 5.11 Å². The lowest BCUT2D eigenvalue weighted by Crippen LogP contribution is -2.44. The lowest BCUT2D eigenvalue weighted by Gasteiger charge is -2.32. The standard InChI is InChI=1S/C5H10N4/c1-7-4-2-3-5(4)8-9-6/h4-5,7H,2-3H2,1H3. The Morgan fingerprint density at radius 1 is 1.67 bits per heavy atom. The molecule has 0 radical (unpaired) electrons. The summed E-state index contributed by atoms with van der Waals surface area (Å²) >= 11 is 0. The van der Waals surface area contributed by atoms with Crippen molar-refractivity contribution in [3.05, 3.63) is 10.4 Å². The smallest absolute Gasteiger partial charge is 0.0527 e. The molecule has 0 saturated heterocycles. The van der Waals surface area contributed by atoms with E-state index in [-0.39, 0.29) is 6.04 Å². The first-order chi connectivity index (χ1) is 4.38. The highest BCUT2D eigenvalue weighted by Gasteiger charge is 2.27. The van der Waals surface area contributed by atoms with E-state index in [0.29, 0.717) is 6.04 Å². The maximum atomic E-state index is 8.05. The number of nitrogens with zero attached hydrogens (tertiary/aromatic N) is 3. The number of nitrogens with one attached hydrogen (secondary N) is 1. The Hall–Kier alpha value is -0.730. The van der Waals surface area contributed by atoms with Crippen LogP contribution >= 0.6 is 0 Å². The van der Waals surface area contributed by atoms with Crippen LogP contribution in [-0.2, 0) is 0 Å². The highest BCUT2D eigenvalue weighted by atomic mass is 15.2. The Morgan fingerprint density at radius 3 is 2.78 bits per heavy atom. The summed E-state index contributed by atoms with van der Waals surface area (Å²) in [6.45, 7) is 0. The third kappa shape index (κ3) is 1.15. The maximum absolute atomic E-state index is 8.05. The third-order valence-electron chi connectivity index (χ3n) is 1.81. The molecule has 4 heteroatoms. The predicted molar refractivity (Wildman–Crippen MR) is 35.0 cm³/mol. The van der Waals surface area contributed by atoms with Gasteiger partial charge in [0.2, 0.25) is 0 Å². The summed E-state index contributed by atoms with van der Waals surface area (Å²) in [4.78, 5) is 2.74. The first-order valence-corrected chi connectivity index (χ1v) is 3.10. The monoisotopic (exact) mass is 126 g/mol. The second-order valence-electron chi connectivity index (χ2n) is 2.24. The summed E-state index contributed by atoms with van der Waals surface area (Å²) in [7, 11) is 1.89. The summed E-state index contributed by atoms with van der Waals surface area (Å²) in [5.41, 5.74) is 8.05. The van der Waals surface area contributed by atoms with Crippen LogP contribution in [0.5, 0.6) is 0 Å². The molecule has 1 fully saturated rings. The van der Waals surface area contributed by atoms with Gasteiger partial charge in [0.25, 0.3) is 0 Å². The van der Waals surface area contributed by atoms with E-state index >= 15 is 0 Å². The maximum Gasteiger partial charge on any atom is 0.0527 e. The molecule has 2 atom stereocenters. The zero-order valence-corrected chi connectivity index (χ0v) is 5.41. The lowest BCUT2D eigenvalue weighted by molar-refractivity contribution is 0.301. The first-order valence-electron chi connectivity index (χ1n) is 3.10. The Bertz CT molecular complexity index is 136. The van der Waals surface area contributed by atoms with Gasteiger partial charge in [-0.3, -0.25) is 0 Å². The van der Waals surface area contributed by atoms with Crippen molar-refractivity contribution in [1.29, 1.82) is 0 Å². The van der Waals surface area contributed by atoms with Crippen molar-refractivity contribution < 1.29 is 0 Å². The van der Waals surface area contributed by atoms with Gasteiger partial charge in [-0.1, -0.05) is 5.11 Å². The molecule has 1 aliphatic carbocycles. The summed E-state index contributed by atoms with van der Waals surface area (Å²) < 4.78 is 0. The van der Waals surface area contributed by atoms with E-state index in [4.69, 9.17) is 5.53 Å². The minimum absolute atomic E-state index is 0.208. The van der Waals surface area contributed by atoms with Crippen LogP contribution in [0.1, 0.15) is 12.8 Å². The molecule has 1 N–H and O–H groups in total. The normalized spacial score (nSPS) is 32.6. The fraction of sp³-hybridized carbons (Fsp3) is 1.00. The van der Waals surface area contributed by atoms with Gasteiger partial charge in [-0.15, -0.1) is 0 Å². The molecule has 0 aliphatic heterocycles. The molecule has 9 heavy (non-hydrogen) atoms. The van der Waals surface area contributed by atoms with Gasteiger partial charge in [0.05, 0.1) is 6.04 Å². The van der Waals surface area contributed by atoms with E-state index in [9.17, 15) is 0 Å². The van der Waals surface area contributed by atoms with Gasteiger partial charge in [-0.05, 0) is 25.4 Å². The highest BCUT2D eigenvalue weighted by molar-refractivity contribution is 4.91. The van der Waals surface area contributed by atoms with Gasteiger partial charge >= 0.3 is 0 Å². The molecule has 1 aliphatic rings. The third-order valence-corrected chi connectivity index (χ3v) is 1.81. The van der Waals surface area contributed by atoms with Crippen LogP contribution in [-0.4, -0.2) is 19.1 Å². The molecule has 0 aromatic rings. The molecule has 0 heterocycles. The molecular formula is C5H10N4. The van der Waals surface area contributed by atoms with E-state index in [1.807, 2.05) is 7.05 Å². The Kier molecular flexibility index (Phi) is 1.92. The molecule has 2 unspecified atom stereocenters. The molecule has 1 rings (SSSR count). The first kappa shape index (κ1) is 6.39. The minimum atomic E-state index is 0.208. The second kappa shape index (κ2) is 2.71. The van der Waals surface area contributed by atoms with E-state index in [0.717, 1.165) is 12.8 Å². The molecule has 0 aromatic carbocycles. The molecule has 50 valence electrons. The van der Waals surface area contributed by atoms with E-state index in [1.54, 1.807) is 0 Å². The molecule has 0 bridgehead atoms. The van der Waals surface area contributed by atoms with Crippen molar-refractivity contribution >= 4 is 0 Å². The van der Waals surface area contributed by atoms with Gasteiger partial charge < -0.3 is 5.32 Å². The fourth-order valence-corrected chi connectivity index (χ4v) is 1.02. The number of azide groups is 1. The van der Waals surface area contributed by atoms with Crippen molar-refractivity contribution in [2.45, 2.75) is 24.9 Å². The number of likely N-dealkylation sites (N-methyl/N-ethyl adjacent to an activating group) is 1. The lowest BCUT2D eigenvalue weighted by atomic mass is 9.87. The van der Waals surface area contributed by atoms with E-state index in [1.165, 1.54) is 0 Å². The molecule has 1 saturated carbocycles. The number of hydrogen-bond donors (Lipinski definition) is 1. The zero-order chi connectivity index (χ0) is 6.69. The molecule has 0 amide bonds. The Labute approximate surface area is 53.9 Å². The van der Waals surface area contributed by atoms with Crippen molar-refractivity contribution in [3.63, 3.8) is 0 Å². The van der Waals surface area contributed by atoms with Gasteiger partial charge in [0.1, 0.15) is 0 Å². The zero-order valence-electron chi connectivity index (χ0n) is 5.41. The molecular weight excluding hydrogens is 116 g/mol. The quantitative estimate of drug-likeness (QED) is 0.335. The van der Waals surface area contributed by atoms with Crippen molar-refractivity contribution in [3.8, 4) is 0 Å². The van der Waals surface area contributed by atoms with Crippen LogP contribution in [0.15, 0.2) is 5.11 Å². The highest BCUT2D eigenvalue weighted by Crippen LogP contribution is 2.22. The summed E-state index contributed by atoms with van der Waals surface area (Å²) in [5.74, 6) is 0. The van der Waals surface area contributed by atoms with E-state index < -0.39 is 0 Å². The SMILES string of the molecule is CNC1CCC1N=[N+]=[N-]. The van der Waals surface area contributed by atoms with Gasteiger partial charge in [0.15, 0.2) is 0 Å². The van der Waals surface area contributed by atoms with Gasteiger partial charge in [0, 0.05) is 11.0 Å². The van der Waals surface area contributed by atoms with Crippen LogP contribution in [0, 0.1) is 0 Å². The average molecular weight is 126 g/mol. The average Bonchev–Trinajstić information content (AvgIpc) is 1.82. The van der Waals surface area contributed by atoms with Crippen molar-refractivity contribution in [1.82, 2.24) is 5.32 Å². The molecule has 0 aromatic heterocycles. The van der Waals surface area contributed by atoms with Crippen molar-refractivity contribution in [2.75, 3.05) is 7.05 Å². The van der Waals surface area contributed by atoms with Crippen LogP contribution in [0.4, 0.5) is 0 Å². The van der Waals surface area contributed by atoms with Crippen LogP contribution in [0.2, 0.25) is 0 Å². The van der Waals surface area contributed by atoms with Crippen LogP contribution < -0.4 is 5.32 Å². The Morgan fingerprint density at radius 2 is 2.44 bits per heavy atom. The van der Waals surface area contributed by atoms with Crippen LogP contribution in [0.25, 0.3) is 10.4 Å². The van der Waals surface area contributed by atoms with Gasteiger partial charge in [-0.25, -0.2) is 0 Å². The number of rotatable bonds is 2. The second-order valence-corrected chi connectivity index (χ2v) is 2.24. The van der Waals surface area contributed by atoms with E-state index in [2.05, 4.69) is 15.3 Å². The Balaban J connectivity index is 2.35. The summed E-state index contributed by atoms with van der Waals surface area (Å²) in [5, 5.41) is 6.67. The van der Waals surface area contributed by atoms with Crippen LogP contribution in [0.3, 0.4) is 0 Å². The summed E-state index contributed by atoms with van der Waals surface area (Å²) in [6, 6.07) is 0.640. The summed E-state index contributed by atoms with van der Waals surface area (Å²) in [6.07, 6.45) is 2.18. The fourth-order valence-electron chi connectivity index (χ4n) is 1.02. The predicted octanol–water partition coefficient (Wildman–Crippen LogP) is 1.05. The largest absolute Gasteiger partial charge is 0.317 e. The minimum Gasteiger partial charge on any atom is -0.317 e. The van der Waals surface area contributed by atoms with Gasteiger partial charge in [-0.2, -0.15) is 0 Å². The molecule has 4 nitrogen and oxygen atoms in total. The molecule has 0 spiro atoms.